The van der Waals surface area contributed by atoms with Crippen LogP contribution in [0.3, 0.4) is 0 Å². The summed E-state index contributed by atoms with van der Waals surface area (Å²) in [6, 6.07) is 12.8. The average Bonchev–Trinajstić information content (AvgIpc) is 2.95. The van der Waals surface area contributed by atoms with Gasteiger partial charge in [0, 0.05) is 17.8 Å². The first-order chi connectivity index (χ1) is 9.38. The van der Waals surface area contributed by atoms with Crippen LogP contribution >= 0.6 is 11.3 Å². The van der Waals surface area contributed by atoms with E-state index in [2.05, 4.69) is 54.0 Å². The Balaban J connectivity index is 1.73. The van der Waals surface area contributed by atoms with Gasteiger partial charge in [0.2, 0.25) is 0 Å². The second-order valence-corrected chi connectivity index (χ2v) is 5.51. The highest BCUT2D eigenvalue weighted by Crippen LogP contribution is 2.10. The van der Waals surface area contributed by atoms with Crippen molar-refractivity contribution in [3.63, 3.8) is 0 Å². The number of ether oxygens (including phenoxy) is 1. The summed E-state index contributed by atoms with van der Waals surface area (Å²) >= 11 is 1.79. The number of rotatable bonds is 8. The minimum absolute atomic E-state index is 0.700. The molecule has 0 saturated heterocycles. The van der Waals surface area contributed by atoms with Crippen LogP contribution in [-0.2, 0) is 24.3 Å². The molecule has 0 aliphatic heterocycles. The highest BCUT2D eigenvalue weighted by molar-refractivity contribution is 7.09. The number of benzene rings is 1. The Bertz CT molecular complexity index is 467. The van der Waals surface area contributed by atoms with Crippen LogP contribution in [0.15, 0.2) is 41.8 Å². The van der Waals surface area contributed by atoms with E-state index >= 15 is 0 Å². The Kier molecular flexibility index (Phi) is 6.08. The SMILES string of the molecule is CCNCc1cccc(COCCc2cccs2)c1. The highest BCUT2D eigenvalue weighted by atomic mass is 32.1. The molecule has 0 aliphatic carbocycles. The monoisotopic (exact) mass is 275 g/mol. The maximum atomic E-state index is 5.74. The van der Waals surface area contributed by atoms with Crippen molar-refractivity contribution in [3.05, 3.63) is 57.8 Å². The molecule has 1 N–H and O–H groups in total. The Labute approximate surface area is 119 Å². The van der Waals surface area contributed by atoms with Crippen molar-refractivity contribution in [1.29, 1.82) is 0 Å². The van der Waals surface area contributed by atoms with Gasteiger partial charge in [-0.1, -0.05) is 37.3 Å². The van der Waals surface area contributed by atoms with E-state index < -0.39 is 0 Å². The molecule has 0 amide bonds. The fourth-order valence-electron chi connectivity index (χ4n) is 1.92. The Morgan fingerprint density at radius 3 is 2.84 bits per heavy atom. The number of hydrogen-bond donors (Lipinski definition) is 1. The lowest BCUT2D eigenvalue weighted by Gasteiger charge is -2.07. The molecule has 1 aromatic carbocycles. The molecular weight excluding hydrogens is 254 g/mol. The summed E-state index contributed by atoms with van der Waals surface area (Å²) in [5.74, 6) is 0. The molecule has 0 saturated carbocycles. The van der Waals surface area contributed by atoms with Gasteiger partial charge in [-0.15, -0.1) is 11.3 Å². The Morgan fingerprint density at radius 2 is 2.05 bits per heavy atom. The first-order valence-corrected chi connectivity index (χ1v) is 7.65. The van der Waals surface area contributed by atoms with E-state index in [0.29, 0.717) is 6.61 Å². The molecule has 0 fully saturated rings. The van der Waals surface area contributed by atoms with Gasteiger partial charge in [0.05, 0.1) is 13.2 Å². The largest absolute Gasteiger partial charge is 0.376 e. The zero-order valence-electron chi connectivity index (χ0n) is 11.4. The van der Waals surface area contributed by atoms with Gasteiger partial charge in [0.25, 0.3) is 0 Å². The lowest BCUT2D eigenvalue weighted by molar-refractivity contribution is 0.124. The predicted molar refractivity (Wildman–Crippen MR) is 81.5 cm³/mol. The summed E-state index contributed by atoms with van der Waals surface area (Å²) in [4.78, 5) is 1.39. The minimum atomic E-state index is 0.700. The molecule has 102 valence electrons. The van der Waals surface area contributed by atoms with Crippen molar-refractivity contribution in [3.8, 4) is 0 Å². The van der Waals surface area contributed by atoms with Crippen LogP contribution in [0, 0.1) is 0 Å². The van der Waals surface area contributed by atoms with Crippen LogP contribution in [0.5, 0.6) is 0 Å². The maximum absolute atomic E-state index is 5.74. The van der Waals surface area contributed by atoms with Crippen LogP contribution in [0.1, 0.15) is 22.9 Å². The van der Waals surface area contributed by atoms with Crippen molar-refractivity contribution in [2.24, 2.45) is 0 Å². The molecular formula is C16H21NOS. The Morgan fingerprint density at radius 1 is 1.16 bits per heavy atom. The molecule has 0 aliphatic rings. The quantitative estimate of drug-likeness (QED) is 0.743. The number of hydrogen-bond acceptors (Lipinski definition) is 3. The molecule has 1 heterocycles. The summed E-state index contributed by atoms with van der Waals surface area (Å²) in [5, 5.41) is 5.45. The van der Waals surface area contributed by atoms with Gasteiger partial charge in [-0.3, -0.25) is 0 Å². The third-order valence-corrected chi connectivity index (χ3v) is 3.85. The van der Waals surface area contributed by atoms with E-state index in [1.165, 1.54) is 16.0 Å². The van der Waals surface area contributed by atoms with Crippen molar-refractivity contribution in [2.75, 3.05) is 13.2 Å². The standard InChI is InChI=1S/C16H21NOS/c1-2-17-12-14-5-3-6-15(11-14)13-18-9-8-16-7-4-10-19-16/h3-7,10-11,17H,2,8-9,12-13H2,1H3. The number of nitrogens with one attached hydrogen (secondary N) is 1. The fourth-order valence-corrected chi connectivity index (χ4v) is 2.61. The van der Waals surface area contributed by atoms with E-state index in [-0.39, 0.29) is 0 Å². The zero-order valence-corrected chi connectivity index (χ0v) is 12.2. The smallest absolute Gasteiger partial charge is 0.0717 e. The van der Waals surface area contributed by atoms with Gasteiger partial charge in [-0.2, -0.15) is 0 Å². The summed E-state index contributed by atoms with van der Waals surface area (Å²) < 4.78 is 5.74. The molecule has 0 unspecified atom stereocenters. The molecule has 19 heavy (non-hydrogen) atoms. The Hall–Kier alpha value is -1.16. The van der Waals surface area contributed by atoms with Gasteiger partial charge in [0.15, 0.2) is 0 Å². The maximum Gasteiger partial charge on any atom is 0.0717 e. The molecule has 2 nitrogen and oxygen atoms in total. The second-order valence-electron chi connectivity index (χ2n) is 4.48. The van der Waals surface area contributed by atoms with Crippen molar-refractivity contribution in [1.82, 2.24) is 5.32 Å². The van der Waals surface area contributed by atoms with Gasteiger partial charge in [-0.25, -0.2) is 0 Å². The summed E-state index contributed by atoms with van der Waals surface area (Å²) in [6.07, 6.45) is 1.01. The third-order valence-electron chi connectivity index (χ3n) is 2.91. The van der Waals surface area contributed by atoms with Crippen LogP contribution in [0.2, 0.25) is 0 Å². The molecule has 2 rings (SSSR count). The molecule has 1 aromatic heterocycles. The lowest BCUT2D eigenvalue weighted by Crippen LogP contribution is -2.11. The van der Waals surface area contributed by atoms with Gasteiger partial charge >= 0.3 is 0 Å². The first kappa shape index (κ1) is 14.3. The third kappa shape index (κ3) is 5.15. The van der Waals surface area contributed by atoms with Crippen LogP contribution in [-0.4, -0.2) is 13.2 Å². The predicted octanol–water partition coefficient (Wildman–Crippen LogP) is 3.62. The van der Waals surface area contributed by atoms with E-state index in [4.69, 9.17) is 4.74 Å². The molecule has 0 atom stereocenters. The van der Waals surface area contributed by atoms with E-state index in [1.807, 2.05) is 0 Å². The summed E-state index contributed by atoms with van der Waals surface area (Å²) in [7, 11) is 0. The number of thiophene rings is 1. The normalized spacial score (nSPS) is 10.8. The summed E-state index contributed by atoms with van der Waals surface area (Å²) in [6.45, 7) is 5.54. The molecule has 3 heteroatoms. The minimum Gasteiger partial charge on any atom is -0.376 e. The first-order valence-electron chi connectivity index (χ1n) is 6.77. The molecule has 0 spiro atoms. The molecule has 0 radical (unpaired) electrons. The lowest BCUT2D eigenvalue weighted by atomic mass is 10.1. The van der Waals surface area contributed by atoms with Gasteiger partial charge in [0.1, 0.15) is 0 Å². The fraction of sp³-hybridized carbons (Fsp3) is 0.375. The average molecular weight is 275 g/mol. The van der Waals surface area contributed by atoms with Crippen molar-refractivity contribution in [2.45, 2.75) is 26.5 Å². The van der Waals surface area contributed by atoms with Crippen LogP contribution < -0.4 is 5.32 Å². The molecule has 2 aromatic rings. The molecule has 0 bridgehead atoms. The van der Waals surface area contributed by atoms with Gasteiger partial charge < -0.3 is 10.1 Å². The summed E-state index contributed by atoms with van der Waals surface area (Å²) in [5.41, 5.74) is 2.57. The van der Waals surface area contributed by atoms with Gasteiger partial charge in [-0.05, 0) is 29.1 Å². The van der Waals surface area contributed by atoms with Crippen LogP contribution in [0.25, 0.3) is 0 Å². The van der Waals surface area contributed by atoms with E-state index in [9.17, 15) is 0 Å². The van der Waals surface area contributed by atoms with Crippen molar-refractivity contribution < 1.29 is 4.74 Å². The highest BCUT2D eigenvalue weighted by Gasteiger charge is 1.98. The van der Waals surface area contributed by atoms with Crippen LogP contribution in [0.4, 0.5) is 0 Å². The van der Waals surface area contributed by atoms with E-state index in [0.717, 1.165) is 26.1 Å². The topological polar surface area (TPSA) is 21.3 Å². The van der Waals surface area contributed by atoms with E-state index in [1.54, 1.807) is 11.3 Å². The van der Waals surface area contributed by atoms with Crippen molar-refractivity contribution >= 4 is 11.3 Å². The zero-order chi connectivity index (χ0) is 13.3. The second kappa shape index (κ2) is 8.10.